The molecule has 100 valence electrons. The highest BCUT2D eigenvalue weighted by molar-refractivity contribution is 9.10. The lowest BCUT2D eigenvalue weighted by atomic mass is 9.83. The zero-order valence-electron chi connectivity index (χ0n) is 9.78. The van der Waals surface area contributed by atoms with E-state index in [1.165, 1.54) is 12.1 Å². The van der Waals surface area contributed by atoms with Gasteiger partial charge in [0.25, 0.3) is 0 Å². The van der Waals surface area contributed by atoms with Gasteiger partial charge in [0.15, 0.2) is 0 Å². The first-order valence-corrected chi connectivity index (χ1v) is 8.22. The number of anilines is 1. The third-order valence-corrected chi connectivity index (χ3v) is 5.93. The van der Waals surface area contributed by atoms with E-state index in [0.717, 1.165) is 12.8 Å². The fraction of sp³-hybridized carbons (Fsp3) is 0.455. The standard InChI is InChI=1S/C11H14BrClN2O2S/c1-6-2-8(3-6)15-18(16,17)10-5-7(13)4-9(14)11(10)12/h4-6,8,15H,2-3,14H2,1H3. The van der Waals surface area contributed by atoms with Gasteiger partial charge in [-0.25, -0.2) is 13.1 Å². The van der Waals surface area contributed by atoms with Crippen LogP contribution < -0.4 is 10.5 Å². The van der Waals surface area contributed by atoms with Crippen LogP contribution in [0.15, 0.2) is 21.5 Å². The minimum absolute atomic E-state index is 0.0112. The number of nitrogen functional groups attached to an aromatic ring is 1. The van der Waals surface area contributed by atoms with Crippen LogP contribution in [0.4, 0.5) is 5.69 Å². The molecule has 0 atom stereocenters. The highest BCUT2D eigenvalue weighted by Crippen LogP contribution is 2.33. The molecule has 2 rings (SSSR count). The Balaban J connectivity index is 2.29. The lowest BCUT2D eigenvalue weighted by Gasteiger charge is -2.33. The van der Waals surface area contributed by atoms with Gasteiger partial charge in [-0.05, 0) is 46.8 Å². The Labute approximate surface area is 120 Å². The fourth-order valence-electron chi connectivity index (χ4n) is 2.06. The highest BCUT2D eigenvalue weighted by Gasteiger charge is 2.31. The average Bonchev–Trinajstić information content (AvgIpc) is 2.20. The molecule has 4 nitrogen and oxygen atoms in total. The number of rotatable bonds is 3. The maximum absolute atomic E-state index is 12.2. The Morgan fingerprint density at radius 3 is 2.61 bits per heavy atom. The van der Waals surface area contributed by atoms with Crippen molar-refractivity contribution in [1.82, 2.24) is 4.72 Å². The molecule has 7 heteroatoms. The van der Waals surface area contributed by atoms with E-state index in [9.17, 15) is 8.42 Å². The average molecular weight is 354 g/mol. The van der Waals surface area contributed by atoms with Crippen molar-refractivity contribution in [2.24, 2.45) is 5.92 Å². The molecule has 0 saturated heterocycles. The molecule has 1 aromatic carbocycles. The molecule has 1 fully saturated rings. The van der Waals surface area contributed by atoms with E-state index in [1.807, 2.05) is 0 Å². The maximum Gasteiger partial charge on any atom is 0.242 e. The van der Waals surface area contributed by atoms with Gasteiger partial charge < -0.3 is 5.73 Å². The second-order valence-corrected chi connectivity index (χ2v) is 7.61. The molecule has 0 aromatic heterocycles. The summed E-state index contributed by atoms with van der Waals surface area (Å²) in [7, 11) is -3.58. The van der Waals surface area contributed by atoms with Crippen molar-refractivity contribution in [3.8, 4) is 0 Å². The Bertz CT molecular complexity index is 571. The number of nitrogens with one attached hydrogen (secondary N) is 1. The van der Waals surface area contributed by atoms with Gasteiger partial charge in [-0.3, -0.25) is 0 Å². The normalized spacial score (nSPS) is 23.7. The summed E-state index contributed by atoms with van der Waals surface area (Å²) in [5.74, 6) is 0.575. The van der Waals surface area contributed by atoms with E-state index >= 15 is 0 Å². The van der Waals surface area contributed by atoms with Crippen molar-refractivity contribution in [1.29, 1.82) is 0 Å². The van der Waals surface area contributed by atoms with Crippen LogP contribution in [0.3, 0.4) is 0 Å². The molecule has 1 saturated carbocycles. The first-order valence-electron chi connectivity index (χ1n) is 5.56. The van der Waals surface area contributed by atoms with Crippen LogP contribution in [0.2, 0.25) is 5.02 Å². The number of hydrogen-bond donors (Lipinski definition) is 2. The van der Waals surface area contributed by atoms with E-state index < -0.39 is 10.0 Å². The first kappa shape index (κ1) is 14.1. The Kier molecular flexibility index (Phi) is 3.92. The van der Waals surface area contributed by atoms with Crippen LogP contribution in [0, 0.1) is 5.92 Å². The molecule has 3 N–H and O–H groups in total. The number of benzene rings is 1. The molecule has 0 spiro atoms. The predicted octanol–water partition coefficient (Wildman–Crippen LogP) is 2.76. The summed E-state index contributed by atoms with van der Waals surface area (Å²) in [6, 6.07) is 2.92. The van der Waals surface area contributed by atoms with Gasteiger partial charge >= 0.3 is 0 Å². The molecule has 0 radical (unpaired) electrons. The zero-order valence-corrected chi connectivity index (χ0v) is 12.9. The summed E-state index contributed by atoms with van der Waals surface area (Å²) < 4.78 is 27.4. The monoisotopic (exact) mass is 352 g/mol. The van der Waals surface area contributed by atoms with Crippen molar-refractivity contribution in [2.75, 3.05) is 5.73 Å². The second kappa shape index (κ2) is 5.00. The molecular weight excluding hydrogens is 340 g/mol. The van der Waals surface area contributed by atoms with Crippen molar-refractivity contribution >= 4 is 43.2 Å². The van der Waals surface area contributed by atoms with Gasteiger partial charge in [0, 0.05) is 16.8 Å². The van der Waals surface area contributed by atoms with Crippen molar-refractivity contribution in [2.45, 2.75) is 30.7 Å². The molecule has 1 aliphatic rings. The lowest BCUT2D eigenvalue weighted by Crippen LogP contribution is -2.43. The third kappa shape index (κ3) is 2.82. The highest BCUT2D eigenvalue weighted by atomic mass is 79.9. The number of sulfonamides is 1. The number of hydrogen-bond acceptors (Lipinski definition) is 3. The van der Waals surface area contributed by atoms with Gasteiger partial charge in [0.05, 0.1) is 9.37 Å². The van der Waals surface area contributed by atoms with Crippen LogP contribution in [0.5, 0.6) is 0 Å². The Morgan fingerprint density at radius 2 is 2.06 bits per heavy atom. The molecule has 0 unspecified atom stereocenters. The van der Waals surface area contributed by atoms with Gasteiger partial charge in [-0.1, -0.05) is 18.5 Å². The summed E-state index contributed by atoms with van der Waals surface area (Å²) in [5.41, 5.74) is 6.00. The first-order chi connectivity index (χ1) is 8.29. The molecule has 0 aliphatic heterocycles. The Morgan fingerprint density at radius 1 is 1.44 bits per heavy atom. The van der Waals surface area contributed by atoms with Crippen LogP contribution in [-0.2, 0) is 10.0 Å². The largest absolute Gasteiger partial charge is 0.398 e. The van der Waals surface area contributed by atoms with Gasteiger partial charge in [-0.2, -0.15) is 0 Å². The third-order valence-electron chi connectivity index (χ3n) is 3.02. The van der Waals surface area contributed by atoms with Crippen molar-refractivity contribution in [3.63, 3.8) is 0 Å². The van der Waals surface area contributed by atoms with E-state index in [0.29, 0.717) is 21.1 Å². The van der Waals surface area contributed by atoms with E-state index in [2.05, 4.69) is 27.6 Å². The summed E-state index contributed by atoms with van der Waals surface area (Å²) in [6.45, 7) is 2.10. The van der Waals surface area contributed by atoms with Crippen LogP contribution in [0.25, 0.3) is 0 Å². The quantitative estimate of drug-likeness (QED) is 0.821. The summed E-state index contributed by atoms with van der Waals surface area (Å²) in [4.78, 5) is 0.0899. The minimum atomic E-state index is -3.58. The Hall–Kier alpha value is -0.300. The van der Waals surface area contributed by atoms with Crippen molar-refractivity contribution in [3.05, 3.63) is 21.6 Å². The number of nitrogens with two attached hydrogens (primary N) is 1. The second-order valence-electron chi connectivity index (χ2n) is 4.70. The smallest absolute Gasteiger partial charge is 0.242 e. The molecule has 1 aliphatic carbocycles. The summed E-state index contributed by atoms with van der Waals surface area (Å²) >= 11 is 9.03. The molecule has 0 heterocycles. The fourth-order valence-corrected chi connectivity index (χ4v) is 4.62. The van der Waals surface area contributed by atoms with E-state index in [4.69, 9.17) is 17.3 Å². The topological polar surface area (TPSA) is 72.2 Å². The summed E-state index contributed by atoms with van der Waals surface area (Å²) in [5, 5.41) is 0.304. The maximum atomic E-state index is 12.2. The molecular formula is C11H14BrClN2O2S. The lowest BCUT2D eigenvalue weighted by molar-refractivity contribution is 0.270. The number of halogens is 2. The van der Waals surface area contributed by atoms with E-state index in [1.54, 1.807) is 0 Å². The molecule has 0 amide bonds. The minimum Gasteiger partial charge on any atom is -0.398 e. The van der Waals surface area contributed by atoms with E-state index in [-0.39, 0.29) is 10.9 Å². The van der Waals surface area contributed by atoms with Gasteiger partial charge in [0.1, 0.15) is 0 Å². The predicted molar refractivity (Wildman–Crippen MR) is 76.1 cm³/mol. The zero-order chi connectivity index (χ0) is 13.5. The summed E-state index contributed by atoms with van der Waals surface area (Å²) in [6.07, 6.45) is 1.74. The molecule has 1 aromatic rings. The van der Waals surface area contributed by atoms with Crippen LogP contribution in [-0.4, -0.2) is 14.5 Å². The SMILES string of the molecule is CC1CC(NS(=O)(=O)c2cc(Cl)cc(N)c2Br)C1. The van der Waals surface area contributed by atoms with Crippen LogP contribution >= 0.6 is 27.5 Å². The van der Waals surface area contributed by atoms with Gasteiger partial charge in [-0.15, -0.1) is 0 Å². The van der Waals surface area contributed by atoms with Crippen molar-refractivity contribution < 1.29 is 8.42 Å². The van der Waals surface area contributed by atoms with Crippen LogP contribution in [0.1, 0.15) is 19.8 Å². The van der Waals surface area contributed by atoms with Gasteiger partial charge in [0.2, 0.25) is 10.0 Å². The molecule has 0 bridgehead atoms. The molecule has 18 heavy (non-hydrogen) atoms.